The van der Waals surface area contributed by atoms with Gasteiger partial charge in [-0.1, -0.05) is 62.8 Å². The molecule has 0 fully saturated rings. The lowest BCUT2D eigenvalue weighted by Gasteiger charge is -2.14. The van der Waals surface area contributed by atoms with Gasteiger partial charge in [0.2, 0.25) is 0 Å². The third kappa shape index (κ3) is 10.2. The summed E-state index contributed by atoms with van der Waals surface area (Å²) >= 11 is 0. The second-order valence-corrected chi connectivity index (χ2v) is 8.27. The summed E-state index contributed by atoms with van der Waals surface area (Å²) in [4.78, 5) is 51.0. The van der Waals surface area contributed by atoms with Crippen LogP contribution in [0, 0.1) is 11.6 Å². The van der Waals surface area contributed by atoms with Crippen molar-refractivity contribution in [3.63, 3.8) is 0 Å². The molecule has 4 aromatic rings. The van der Waals surface area contributed by atoms with Gasteiger partial charge in [-0.2, -0.15) is 0 Å². The first kappa shape index (κ1) is 36.1. The highest BCUT2D eigenvalue weighted by Crippen LogP contribution is 2.25. The van der Waals surface area contributed by atoms with E-state index in [2.05, 4.69) is 9.97 Å². The Labute approximate surface area is 250 Å². The highest BCUT2D eigenvalue weighted by Gasteiger charge is 2.11. The molecule has 0 radical (unpaired) electrons. The molecule has 0 bridgehead atoms. The van der Waals surface area contributed by atoms with E-state index in [1.807, 2.05) is 10.6 Å². The SMILES string of the molecule is C.C.O=C([O-])CNC(=O)c1ncc(-c2cccc(F)c2)cc1[O-].O=C([O-])CNC(=O)c1ncc(-c2cccc(F)c2)cc1[O-]. The fourth-order valence-corrected chi connectivity index (χ4v) is 3.35. The smallest absolute Gasteiger partial charge is 0.269 e. The molecular formula is C30H26F2N4O8-4. The summed E-state index contributed by atoms with van der Waals surface area (Å²) in [6.07, 6.45) is 2.48. The van der Waals surface area contributed by atoms with E-state index in [9.17, 15) is 48.4 Å². The van der Waals surface area contributed by atoms with Gasteiger partial charge in [0.15, 0.2) is 0 Å². The molecule has 0 aliphatic rings. The Morgan fingerprint density at radius 2 is 0.977 bits per heavy atom. The molecule has 0 aliphatic heterocycles. The van der Waals surface area contributed by atoms with Crippen molar-refractivity contribution >= 4 is 23.8 Å². The van der Waals surface area contributed by atoms with Crippen LogP contribution in [-0.4, -0.2) is 46.8 Å². The molecule has 4 rings (SSSR count). The fourth-order valence-electron chi connectivity index (χ4n) is 3.35. The van der Waals surface area contributed by atoms with Gasteiger partial charge in [0.25, 0.3) is 11.8 Å². The van der Waals surface area contributed by atoms with Gasteiger partial charge in [0.1, 0.15) is 23.0 Å². The predicted octanol–water partition coefficient (Wildman–Crippen LogP) is 0.154. The first-order valence-electron chi connectivity index (χ1n) is 11.8. The van der Waals surface area contributed by atoms with Crippen molar-refractivity contribution in [3.8, 4) is 33.8 Å². The molecule has 2 amide bonds. The fraction of sp³-hybridized carbons (Fsp3) is 0.133. The summed E-state index contributed by atoms with van der Waals surface area (Å²) in [5.41, 5.74) is 0.738. The third-order valence-electron chi connectivity index (χ3n) is 5.24. The highest BCUT2D eigenvalue weighted by molar-refractivity contribution is 5.97. The van der Waals surface area contributed by atoms with E-state index in [4.69, 9.17) is 0 Å². The van der Waals surface area contributed by atoms with Gasteiger partial charge in [-0.15, -0.1) is 0 Å². The molecule has 2 aromatic heterocycles. The van der Waals surface area contributed by atoms with E-state index in [0.29, 0.717) is 22.3 Å². The van der Waals surface area contributed by atoms with Crippen LogP contribution >= 0.6 is 0 Å². The molecule has 2 heterocycles. The van der Waals surface area contributed by atoms with Crippen molar-refractivity contribution < 1.29 is 48.4 Å². The monoisotopic (exact) mass is 608 g/mol. The number of aromatic nitrogens is 2. The number of hydrogen-bond donors (Lipinski definition) is 2. The van der Waals surface area contributed by atoms with Gasteiger partial charge in [0, 0.05) is 12.4 Å². The van der Waals surface area contributed by atoms with Crippen molar-refractivity contribution in [2.45, 2.75) is 14.9 Å². The minimum Gasteiger partial charge on any atom is -0.871 e. The van der Waals surface area contributed by atoms with Crippen LogP contribution in [0.3, 0.4) is 0 Å². The van der Waals surface area contributed by atoms with Crippen molar-refractivity contribution in [3.05, 3.63) is 96.1 Å². The second-order valence-electron chi connectivity index (χ2n) is 8.27. The summed E-state index contributed by atoms with van der Waals surface area (Å²) < 4.78 is 26.2. The van der Waals surface area contributed by atoms with E-state index < -0.39 is 71.4 Å². The van der Waals surface area contributed by atoms with Crippen LogP contribution in [0.25, 0.3) is 22.3 Å². The Hall–Kier alpha value is -5.92. The number of rotatable bonds is 8. The third-order valence-corrected chi connectivity index (χ3v) is 5.24. The molecule has 232 valence electrons. The zero-order valence-corrected chi connectivity index (χ0v) is 21.3. The molecule has 0 saturated heterocycles. The molecule has 2 aromatic carbocycles. The van der Waals surface area contributed by atoms with Crippen molar-refractivity contribution in [2.75, 3.05) is 13.1 Å². The highest BCUT2D eigenvalue weighted by atomic mass is 19.1. The molecule has 12 nitrogen and oxygen atoms in total. The average Bonchev–Trinajstić information content (AvgIpc) is 2.95. The molecule has 0 aliphatic carbocycles. The Kier molecular flexibility index (Phi) is 13.5. The lowest BCUT2D eigenvalue weighted by Crippen LogP contribution is -2.38. The number of pyridine rings is 2. The molecule has 44 heavy (non-hydrogen) atoms. The quantitative estimate of drug-likeness (QED) is 0.277. The summed E-state index contributed by atoms with van der Waals surface area (Å²) in [6, 6.07) is 13.4. The van der Waals surface area contributed by atoms with Crippen LogP contribution in [0.1, 0.15) is 35.8 Å². The standard InChI is InChI=1S/2C14H11FN2O4.2CH4/c2*15-10-3-1-2-8(4-10)9-5-11(18)13(16-6-9)14(21)17-7-12(19)20;;/h2*1-6,18H,7H2,(H,17,21)(H,19,20);2*1H4/p-4. The number of hydrogen-bond acceptors (Lipinski definition) is 10. The lowest BCUT2D eigenvalue weighted by atomic mass is 10.1. The van der Waals surface area contributed by atoms with E-state index in [0.717, 1.165) is 12.1 Å². The maximum absolute atomic E-state index is 13.1. The van der Waals surface area contributed by atoms with Crippen LogP contribution < -0.4 is 31.1 Å². The first-order chi connectivity index (χ1) is 19.9. The Morgan fingerprint density at radius 1 is 0.614 bits per heavy atom. The molecule has 14 heteroatoms. The largest absolute Gasteiger partial charge is 0.871 e. The number of nitrogens with one attached hydrogen (secondary N) is 2. The number of amides is 2. The van der Waals surface area contributed by atoms with Crippen LogP contribution in [0.5, 0.6) is 11.5 Å². The minimum absolute atomic E-state index is 0. The number of carbonyl (C=O) groups is 4. The van der Waals surface area contributed by atoms with Gasteiger partial charge in [0.05, 0.1) is 25.0 Å². The van der Waals surface area contributed by atoms with Crippen molar-refractivity contribution in [2.24, 2.45) is 0 Å². The molecule has 0 saturated carbocycles. The van der Waals surface area contributed by atoms with Gasteiger partial charge < -0.3 is 40.6 Å². The first-order valence-corrected chi connectivity index (χ1v) is 11.8. The zero-order valence-electron chi connectivity index (χ0n) is 21.3. The zero-order chi connectivity index (χ0) is 30.8. The second kappa shape index (κ2) is 16.5. The molecular weight excluding hydrogens is 582 g/mol. The summed E-state index contributed by atoms with van der Waals surface area (Å²) in [6.45, 7) is -1.43. The summed E-state index contributed by atoms with van der Waals surface area (Å²) in [5, 5.41) is 48.0. The van der Waals surface area contributed by atoms with Gasteiger partial charge in [-0.25, -0.2) is 8.78 Å². The van der Waals surface area contributed by atoms with E-state index >= 15 is 0 Å². The Bertz CT molecular complexity index is 1530. The minimum atomic E-state index is -1.48. The summed E-state index contributed by atoms with van der Waals surface area (Å²) in [7, 11) is 0. The number of benzene rings is 2. The Morgan fingerprint density at radius 3 is 1.27 bits per heavy atom. The predicted molar refractivity (Wildman–Crippen MR) is 146 cm³/mol. The van der Waals surface area contributed by atoms with Gasteiger partial charge >= 0.3 is 0 Å². The maximum atomic E-state index is 13.1. The molecule has 2 N–H and O–H groups in total. The number of carboxylic acids is 2. The maximum Gasteiger partial charge on any atom is 0.269 e. The van der Waals surface area contributed by atoms with E-state index in [1.165, 1.54) is 48.8 Å². The number of carbonyl (C=O) groups excluding carboxylic acids is 4. The lowest BCUT2D eigenvalue weighted by molar-refractivity contribution is -0.305. The molecule has 0 spiro atoms. The van der Waals surface area contributed by atoms with Crippen LogP contribution in [-0.2, 0) is 9.59 Å². The van der Waals surface area contributed by atoms with Gasteiger partial charge in [-0.3, -0.25) is 19.6 Å². The van der Waals surface area contributed by atoms with Crippen molar-refractivity contribution in [1.82, 2.24) is 20.6 Å². The number of aliphatic carboxylic acids is 2. The van der Waals surface area contributed by atoms with E-state index in [1.54, 1.807) is 12.1 Å². The number of carboxylic acid groups (broad SMARTS) is 2. The summed E-state index contributed by atoms with van der Waals surface area (Å²) in [5.74, 6) is -7.07. The van der Waals surface area contributed by atoms with Crippen LogP contribution in [0.4, 0.5) is 8.78 Å². The molecule has 0 unspecified atom stereocenters. The average molecular weight is 609 g/mol. The number of halogens is 2. The molecule has 0 atom stereocenters. The van der Waals surface area contributed by atoms with Gasteiger partial charge in [-0.05, 0) is 46.5 Å². The Balaban J connectivity index is 0.000000421. The topological polar surface area (TPSA) is 210 Å². The van der Waals surface area contributed by atoms with Crippen LogP contribution in [0.2, 0.25) is 0 Å². The van der Waals surface area contributed by atoms with Crippen LogP contribution in [0.15, 0.2) is 73.1 Å². The normalized spacial score (nSPS) is 9.68. The van der Waals surface area contributed by atoms with Crippen molar-refractivity contribution in [1.29, 1.82) is 0 Å². The number of nitrogens with zero attached hydrogens (tertiary/aromatic N) is 2. The van der Waals surface area contributed by atoms with E-state index in [-0.39, 0.29) is 14.9 Å².